The van der Waals surface area contributed by atoms with Gasteiger partial charge in [-0.2, -0.15) is 9.78 Å². The molecular weight excluding hydrogens is 484 g/mol. The van der Waals surface area contributed by atoms with Crippen molar-refractivity contribution in [3.05, 3.63) is 46.7 Å². The predicted octanol–water partition coefficient (Wildman–Crippen LogP) is 3.53. The molecule has 8 nitrogen and oxygen atoms in total. The van der Waals surface area contributed by atoms with Crippen molar-refractivity contribution in [3.63, 3.8) is 0 Å². The lowest BCUT2D eigenvalue weighted by molar-refractivity contribution is -0.274. The van der Waals surface area contributed by atoms with Gasteiger partial charge < -0.3 is 20.3 Å². The predicted molar refractivity (Wildman–Crippen MR) is 101 cm³/mol. The Kier molecular flexibility index (Phi) is 6.68. The van der Waals surface area contributed by atoms with E-state index in [0.717, 1.165) is 24.4 Å². The molecule has 2 atom stereocenters. The molecule has 1 aliphatic rings. The van der Waals surface area contributed by atoms with Crippen LogP contribution in [0.15, 0.2) is 30.6 Å². The van der Waals surface area contributed by atoms with Gasteiger partial charge in [-0.1, -0.05) is 17.7 Å². The molecule has 2 heterocycles. The second-order valence-corrected chi connectivity index (χ2v) is 7.37. The number of piperazine rings is 1. The molecule has 1 aromatic carbocycles. The van der Waals surface area contributed by atoms with Gasteiger partial charge in [0.05, 0.1) is 17.3 Å². The van der Waals surface area contributed by atoms with Gasteiger partial charge in [-0.15, -0.1) is 26.3 Å². The van der Waals surface area contributed by atoms with E-state index in [4.69, 9.17) is 11.6 Å². The minimum Gasteiger partial charge on any atom is -0.404 e. The van der Waals surface area contributed by atoms with E-state index in [9.17, 15) is 35.9 Å². The number of benzene rings is 1. The summed E-state index contributed by atoms with van der Waals surface area (Å²) < 4.78 is 80.1. The first-order chi connectivity index (χ1) is 15.3. The Hall–Kier alpha value is -3.16. The second-order valence-electron chi connectivity index (χ2n) is 6.97. The summed E-state index contributed by atoms with van der Waals surface area (Å²) >= 11 is 5.87. The summed E-state index contributed by atoms with van der Waals surface area (Å²) in [6, 6.07) is 0.0654. The molecule has 1 aromatic heterocycles. The maximum Gasteiger partial charge on any atom is 0.573 e. The fourth-order valence-electron chi connectivity index (χ4n) is 3.15. The molecule has 1 unspecified atom stereocenters. The average molecular weight is 500 g/mol. The lowest BCUT2D eigenvalue weighted by Gasteiger charge is -2.34. The van der Waals surface area contributed by atoms with Crippen LogP contribution in [0.3, 0.4) is 0 Å². The number of amides is 3. The Morgan fingerprint density at radius 1 is 1.27 bits per heavy atom. The zero-order chi connectivity index (χ0) is 24.6. The van der Waals surface area contributed by atoms with Gasteiger partial charge in [0.1, 0.15) is 11.8 Å². The minimum atomic E-state index is -5.02. The van der Waals surface area contributed by atoms with Crippen LogP contribution in [0.4, 0.5) is 31.1 Å². The molecule has 1 saturated heterocycles. The Morgan fingerprint density at radius 2 is 1.97 bits per heavy atom. The number of nitrogens with one attached hydrogen (secondary N) is 2. The van der Waals surface area contributed by atoms with E-state index in [-0.39, 0.29) is 28.9 Å². The van der Waals surface area contributed by atoms with Crippen LogP contribution in [0.1, 0.15) is 24.1 Å². The molecule has 33 heavy (non-hydrogen) atoms. The summed E-state index contributed by atoms with van der Waals surface area (Å²) in [6.45, 7) is 1.76. The van der Waals surface area contributed by atoms with Gasteiger partial charge in [-0.05, 0) is 24.6 Å². The second kappa shape index (κ2) is 9.00. The van der Waals surface area contributed by atoms with Gasteiger partial charge >= 0.3 is 18.7 Å². The van der Waals surface area contributed by atoms with Gasteiger partial charge in [0.2, 0.25) is 5.91 Å². The molecule has 0 radical (unpaired) electrons. The first kappa shape index (κ1) is 24.5. The fraction of sp³-hybridized carbons (Fsp3) is 0.389. The molecule has 0 bridgehead atoms. The molecule has 15 heteroatoms. The van der Waals surface area contributed by atoms with Gasteiger partial charge in [0, 0.05) is 24.8 Å². The zero-order valence-corrected chi connectivity index (χ0v) is 17.4. The quantitative estimate of drug-likeness (QED) is 0.630. The van der Waals surface area contributed by atoms with Gasteiger partial charge in [-0.25, -0.2) is 4.79 Å². The Bertz CT molecular complexity index is 1040. The third-order valence-corrected chi connectivity index (χ3v) is 5.03. The Morgan fingerprint density at radius 3 is 2.55 bits per heavy atom. The van der Waals surface area contributed by atoms with Crippen molar-refractivity contribution < 1.29 is 40.7 Å². The van der Waals surface area contributed by atoms with Crippen LogP contribution in [-0.4, -0.2) is 52.1 Å². The number of hydrogen-bond acceptors (Lipinski definition) is 4. The molecule has 1 aliphatic heterocycles. The van der Waals surface area contributed by atoms with Gasteiger partial charge in [0.25, 0.3) is 0 Å². The minimum absolute atomic E-state index is 0.0544. The summed E-state index contributed by atoms with van der Waals surface area (Å²) in [7, 11) is 0. The van der Waals surface area contributed by atoms with Crippen molar-refractivity contribution in [2.45, 2.75) is 31.7 Å². The molecular formula is C18H16ClF6N5O3. The number of nitrogens with zero attached hydrogens (tertiary/aromatic N) is 3. The molecule has 2 aromatic rings. The van der Waals surface area contributed by atoms with E-state index >= 15 is 0 Å². The third kappa shape index (κ3) is 5.80. The van der Waals surface area contributed by atoms with Crippen LogP contribution < -0.4 is 15.4 Å². The Balaban J connectivity index is 1.95. The van der Waals surface area contributed by atoms with E-state index in [1.54, 1.807) is 0 Å². The number of aromatic nitrogens is 2. The number of carbonyl (C=O) groups is 2. The fourth-order valence-corrected chi connectivity index (χ4v) is 3.38. The topological polar surface area (TPSA) is 88.5 Å². The number of halogens is 7. The van der Waals surface area contributed by atoms with Crippen LogP contribution in [0, 0.1) is 0 Å². The van der Waals surface area contributed by atoms with Crippen LogP contribution in [0.25, 0.3) is 0 Å². The summed E-state index contributed by atoms with van der Waals surface area (Å²) in [5.74, 6) is -1.15. The number of alkyl halides is 6. The van der Waals surface area contributed by atoms with Crippen LogP contribution >= 0.6 is 11.6 Å². The highest BCUT2D eigenvalue weighted by molar-refractivity contribution is 6.32. The van der Waals surface area contributed by atoms with Crippen molar-refractivity contribution in [1.29, 1.82) is 0 Å². The molecule has 3 rings (SSSR count). The molecule has 0 spiro atoms. The smallest absolute Gasteiger partial charge is 0.404 e. The number of carbonyl (C=O) groups excluding carboxylic acids is 2. The first-order valence-electron chi connectivity index (χ1n) is 9.28. The van der Waals surface area contributed by atoms with Crippen molar-refractivity contribution >= 4 is 23.5 Å². The summed E-state index contributed by atoms with van der Waals surface area (Å²) in [4.78, 5) is 25.9. The zero-order valence-electron chi connectivity index (χ0n) is 16.7. The Labute approximate surface area is 187 Å². The average Bonchev–Trinajstić information content (AvgIpc) is 3.19. The summed E-state index contributed by atoms with van der Waals surface area (Å²) in [5.41, 5.74) is -0.0749. The monoisotopic (exact) mass is 499 g/mol. The lowest BCUT2D eigenvalue weighted by atomic mass is 10.0. The molecule has 0 saturated carbocycles. The van der Waals surface area contributed by atoms with Crippen molar-refractivity contribution in [3.8, 4) is 5.75 Å². The van der Waals surface area contributed by atoms with Crippen molar-refractivity contribution in [1.82, 2.24) is 25.3 Å². The van der Waals surface area contributed by atoms with Gasteiger partial charge in [0.15, 0.2) is 0 Å². The lowest BCUT2D eigenvalue weighted by Crippen LogP contribution is -2.58. The number of urea groups is 1. The number of rotatable bonds is 4. The number of ether oxygens (including phenoxy) is 1. The SMILES string of the molecule is C[C@@H]1C(=O)NCCN1C(=O)NC(c1ccc(OC(F)(F)F)c(Cl)c1)c1cnn(C(F)(F)F)c1. The molecule has 3 amide bonds. The molecule has 2 N–H and O–H groups in total. The van der Waals surface area contributed by atoms with E-state index < -0.39 is 47.5 Å². The molecule has 180 valence electrons. The summed E-state index contributed by atoms with van der Waals surface area (Å²) in [5, 5.41) is 7.80. The van der Waals surface area contributed by atoms with E-state index in [0.29, 0.717) is 6.20 Å². The number of hydrogen-bond donors (Lipinski definition) is 2. The largest absolute Gasteiger partial charge is 0.573 e. The molecule has 0 aliphatic carbocycles. The van der Waals surface area contributed by atoms with Crippen LogP contribution in [0.5, 0.6) is 5.75 Å². The van der Waals surface area contributed by atoms with Crippen LogP contribution in [-0.2, 0) is 11.1 Å². The highest BCUT2D eigenvalue weighted by Gasteiger charge is 2.35. The van der Waals surface area contributed by atoms with E-state index in [2.05, 4.69) is 20.5 Å². The van der Waals surface area contributed by atoms with E-state index in [1.807, 2.05) is 0 Å². The highest BCUT2D eigenvalue weighted by atomic mass is 35.5. The normalized spacial score (nSPS) is 18.0. The first-order valence-corrected chi connectivity index (χ1v) is 9.66. The van der Waals surface area contributed by atoms with Crippen molar-refractivity contribution in [2.75, 3.05) is 13.1 Å². The van der Waals surface area contributed by atoms with Gasteiger partial charge in [-0.3, -0.25) is 4.79 Å². The third-order valence-electron chi connectivity index (χ3n) is 4.74. The maximum atomic E-state index is 13.0. The van der Waals surface area contributed by atoms with Crippen molar-refractivity contribution in [2.24, 2.45) is 0 Å². The maximum absolute atomic E-state index is 13.0. The molecule has 1 fully saturated rings. The standard InChI is InChI=1S/C18H16ClF6N5O3/c1-9-15(31)26-4-5-29(9)16(32)28-14(11-7-27-30(8-11)17(20,21)22)10-2-3-13(12(19)6-10)33-18(23,24)25/h2-3,6-9,14H,4-5H2,1H3,(H,26,31)(H,28,32)/t9-,14?/m1/s1. The van der Waals surface area contributed by atoms with E-state index in [1.165, 1.54) is 11.8 Å². The summed E-state index contributed by atoms with van der Waals surface area (Å²) in [6.07, 6.45) is -8.39. The van der Waals surface area contributed by atoms with Crippen LogP contribution in [0.2, 0.25) is 5.02 Å². The highest BCUT2D eigenvalue weighted by Crippen LogP contribution is 2.34.